The van der Waals surface area contributed by atoms with E-state index in [-0.39, 0.29) is 36.6 Å². The Hall–Kier alpha value is -1.91. The van der Waals surface area contributed by atoms with E-state index in [1.807, 2.05) is 6.92 Å². The number of fused-ring (bicyclic) bond motifs is 1. The lowest BCUT2D eigenvalue weighted by Gasteiger charge is -2.35. The summed E-state index contributed by atoms with van der Waals surface area (Å²) in [6, 6.07) is 1.63. The fourth-order valence-electron chi connectivity index (χ4n) is 5.08. The van der Waals surface area contributed by atoms with Crippen molar-refractivity contribution in [1.82, 2.24) is 10.2 Å². The number of carbonyl (C=O) groups is 1. The molecule has 1 fully saturated rings. The van der Waals surface area contributed by atoms with Crippen LogP contribution in [0.25, 0.3) is 0 Å². The normalized spacial score (nSPS) is 21.1. The minimum Gasteiger partial charge on any atom is -0.379 e. The van der Waals surface area contributed by atoms with Gasteiger partial charge in [0.1, 0.15) is 12.7 Å². The van der Waals surface area contributed by atoms with E-state index in [2.05, 4.69) is 26.1 Å². The molecule has 1 aromatic heterocycles. The summed E-state index contributed by atoms with van der Waals surface area (Å²) in [6.45, 7) is 10.2. The van der Waals surface area contributed by atoms with Gasteiger partial charge in [0, 0.05) is 48.6 Å². The Kier molecular flexibility index (Phi) is 13.3. The van der Waals surface area contributed by atoms with Crippen molar-refractivity contribution in [2.24, 2.45) is 5.92 Å². The predicted octanol–water partition coefficient (Wildman–Crippen LogP) is 4.33. The number of halogens is 3. The van der Waals surface area contributed by atoms with Crippen LogP contribution in [-0.4, -0.2) is 63.0 Å². The molecular weight excluding hydrogens is 499 g/mol. The minimum absolute atomic E-state index is 0.0203. The van der Waals surface area contributed by atoms with Gasteiger partial charge in [0.2, 0.25) is 17.8 Å². The van der Waals surface area contributed by atoms with Gasteiger partial charge in [-0.2, -0.15) is 13.2 Å². The van der Waals surface area contributed by atoms with Gasteiger partial charge in [-0.25, -0.2) is 0 Å². The molecular formula is C28H47F3N3O4+. The average Bonchev–Trinajstić information content (AvgIpc) is 2.90. The molecule has 1 aromatic rings. The molecule has 38 heavy (non-hydrogen) atoms. The Morgan fingerprint density at radius 1 is 1.24 bits per heavy atom. The second-order valence-electron chi connectivity index (χ2n) is 10.3. The van der Waals surface area contributed by atoms with Crippen LogP contribution in [0, 0.1) is 5.92 Å². The second kappa shape index (κ2) is 15.6. The van der Waals surface area contributed by atoms with Crippen LogP contribution in [0.1, 0.15) is 83.0 Å². The van der Waals surface area contributed by atoms with Gasteiger partial charge in [-0.3, -0.25) is 9.63 Å². The summed E-state index contributed by atoms with van der Waals surface area (Å²) < 4.78 is 52.3. The van der Waals surface area contributed by atoms with Crippen molar-refractivity contribution in [3.05, 3.63) is 29.1 Å². The molecule has 1 N–H and O–H groups in total. The van der Waals surface area contributed by atoms with Gasteiger partial charge in [0.15, 0.2) is 0 Å². The summed E-state index contributed by atoms with van der Waals surface area (Å²) >= 11 is 0. The summed E-state index contributed by atoms with van der Waals surface area (Å²) in [5.74, 6) is -0.237. The number of aromatic nitrogens is 1. The van der Waals surface area contributed by atoms with Gasteiger partial charge < -0.3 is 19.7 Å². The number of ether oxygens (including phenoxy) is 2. The van der Waals surface area contributed by atoms with Crippen molar-refractivity contribution in [3.63, 3.8) is 0 Å². The first-order chi connectivity index (χ1) is 18.1. The van der Waals surface area contributed by atoms with Crippen molar-refractivity contribution in [2.75, 3.05) is 34.0 Å². The number of nitrogens with one attached hydrogen (secondary N) is 1. The lowest BCUT2D eigenvalue weighted by Crippen LogP contribution is -2.51. The second-order valence-corrected chi connectivity index (χ2v) is 10.3. The molecule has 0 spiro atoms. The topological polar surface area (TPSA) is 63.9 Å². The smallest absolute Gasteiger partial charge is 0.379 e. The van der Waals surface area contributed by atoms with Gasteiger partial charge in [-0.1, -0.05) is 40.5 Å². The lowest BCUT2D eigenvalue weighted by molar-refractivity contribution is -0.891. The van der Waals surface area contributed by atoms with Crippen LogP contribution in [0.5, 0.6) is 0 Å². The Morgan fingerprint density at radius 3 is 2.55 bits per heavy atom. The van der Waals surface area contributed by atoms with Crippen molar-refractivity contribution in [2.45, 2.75) is 104 Å². The van der Waals surface area contributed by atoms with E-state index in [9.17, 15) is 18.0 Å². The fraction of sp³-hybridized carbons (Fsp3) is 0.786. The van der Waals surface area contributed by atoms with Crippen molar-refractivity contribution >= 4 is 5.91 Å². The molecule has 1 saturated heterocycles. The molecule has 2 aliphatic heterocycles. The number of hydrogen-bond acceptors (Lipinski definition) is 5. The lowest BCUT2D eigenvalue weighted by atomic mass is 9.95. The maximum atomic E-state index is 13.3. The van der Waals surface area contributed by atoms with Crippen LogP contribution in [0.15, 0.2) is 12.3 Å². The number of rotatable bonds is 10. The molecule has 0 bridgehead atoms. The predicted molar refractivity (Wildman–Crippen MR) is 139 cm³/mol. The van der Waals surface area contributed by atoms with Crippen molar-refractivity contribution < 1.29 is 37.0 Å². The Bertz CT molecular complexity index is 868. The standard InChI is InChI=1S/C25H39F3N3O4.C3H8/c1-5-6-20(29-21-10-12-35-16-23(21)33-3)8-7-17(2)24(32)30-11-9-22-18(14-30)13-19(25(26,27)28)15-31(22)34-4;1-3-2/h13,15,17,20-21,23,29H,5-12,14,16H2,1-4H3;3H2,1-2H3/q+1;/t17-,20+,21+,23-;/m1./s1. The van der Waals surface area contributed by atoms with E-state index in [4.69, 9.17) is 14.3 Å². The highest BCUT2D eigenvalue weighted by Gasteiger charge is 2.38. The first-order valence-electron chi connectivity index (χ1n) is 13.9. The highest BCUT2D eigenvalue weighted by atomic mass is 19.4. The quantitative estimate of drug-likeness (QED) is 0.443. The van der Waals surface area contributed by atoms with Crippen LogP contribution >= 0.6 is 0 Å². The maximum Gasteiger partial charge on any atom is 0.422 e. The van der Waals surface area contributed by atoms with E-state index in [1.54, 1.807) is 12.0 Å². The van der Waals surface area contributed by atoms with E-state index in [0.717, 1.165) is 37.9 Å². The average molecular weight is 547 g/mol. The van der Waals surface area contributed by atoms with Crippen molar-refractivity contribution in [1.29, 1.82) is 0 Å². The van der Waals surface area contributed by atoms with E-state index < -0.39 is 11.7 Å². The van der Waals surface area contributed by atoms with Gasteiger partial charge in [0.25, 0.3) is 0 Å². The number of carbonyl (C=O) groups excluding carboxylic acids is 1. The molecule has 0 radical (unpaired) electrons. The molecule has 0 aliphatic carbocycles. The first-order valence-corrected chi connectivity index (χ1v) is 13.9. The number of methoxy groups -OCH3 is 1. The SMILES string of the molecule is CCC.CCC[C@@H](CC[C@@H](C)C(=O)N1CCc2c(cc(C(F)(F)F)c[n+]2OC)C1)N[C@H]1CCOC[C@H]1OC. The highest BCUT2D eigenvalue weighted by molar-refractivity contribution is 5.78. The van der Waals surface area contributed by atoms with Gasteiger partial charge >= 0.3 is 6.18 Å². The molecule has 3 rings (SSSR count). The minimum atomic E-state index is -4.48. The fourth-order valence-corrected chi connectivity index (χ4v) is 5.08. The Labute approximate surface area is 226 Å². The molecule has 2 aliphatic rings. The maximum absolute atomic E-state index is 13.3. The molecule has 218 valence electrons. The number of nitrogens with zero attached hydrogens (tertiary/aromatic N) is 2. The zero-order valence-electron chi connectivity index (χ0n) is 23.9. The van der Waals surface area contributed by atoms with Crippen LogP contribution < -0.4 is 14.9 Å². The molecule has 0 saturated carbocycles. The summed E-state index contributed by atoms with van der Waals surface area (Å²) in [6.07, 6.45) is 2.68. The van der Waals surface area contributed by atoms with Gasteiger partial charge in [-0.15, -0.1) is 0 Å². The number of hydrogen-bond donors (Lipinski definition) is 1. The summed E-state index contributed by atoms with van der Waals surface area (Å²) in [5, 5.41) is 3.72. The molecule has 7 nitrogen and oxygen atoms in total. The van der Waals surface area contributed by atoms with Gasteiger partial charge in [0.05, 0.1) is 25.7 Å². The Morgan fingerprint density at radius 2 is 1.95 bits per heavy atom. The highest BCUT2D eigenvalue weighted by Crippen LogP contribution is 2.31. The molecule has 4 atom stereocenters. The number of pyridine rings is 1. The van der Waals surface area contributed by atoms with Crippen LogP contribution in [-0.2, 0) is 33.4 Å². The van der Waals surface area contributed by atoms with E-state index >= 15 is 0 Å². The molecule has 0 unspecified atom stereocenters. The largest absolute Gasteiger partial charge is 0.422 e. The molecule has 0 aromatic carbocycles. The third-order valence-electron chi connectivity index (χ3n) is 7.10. The number of alkyl halides is 3. The van der Waals surface area contributed by atoms with Crippen LogP contribution in [0.2, 0.25) is 0 Å². The van der Waals surface area contributed by atoms with Crippen LogP contribution in [0.3, 0.4) is 0 Å². The van der Waals surface area contributed by atoms with E-state index in [0.29, 0.717) is 43.9 Å². The van der Waals surface area contributed by atoms with Gasteiger partial charge in [-0.05, 0) is 31.7 Å². The summed E-state index contributed by atoms with van der Waals surface area (Å²) in [4.78, 5) is 20.0. The molecule has 1 amide bonds. The Balaban J connectivity index is 0.00000161. The molecule has 3 heterocycles. The van der Waals surface area contributed by atoms with E-state index in [1.165, 1.54) is 18.3 Å². The third-order valence-corrected chi connectivity index (χ3v) is 7.10. The zero-order chi connectivity index (χ0) is 28.3. The first kappa shape index (κ1) is 32.3. The summed E-state index contributed by atoms with van der Waals surface area (Å²) in [7, 11) is 3.04. The van der Waals surface area contributed by atoms with Crippen LogP contribution in [0.4, 0.5) is 13.2 Å². The number of amides is 1. The zero-order valence-corrected chi connectivity index (χ0v) is 23.9. The third kappa shape index (κ3) is 9.09. The van der Waals surface area contributed by atoms with Crippen molar-refractivity contribution in [3.8, 4) is 0 Å². The summed E-state index contributed by atoms with van der Waals surface area (Å²) in [5.41, 5.74) is 0.370. The monoisotopic (exact) mass is 546 g/mol. The molecule has 10 heteroatoms.